The molecule has 0 heterocycles. The molecule has 0 N–H and O–H groups in total. The Morgan fingerprint density at radius 2 is 2.17 bits per heavy atom. The number of hydrogen-bond donors (Lipinski definition) is 0. The molecule has 1 aromatic rings. The molecule has 0 bridgehead atoms. The van der Waals surface area contributed by atoms with E-state index in [0.29, 0.717) is 4.47 Å². The molecule has 0 aromatic heterocycles. The highest BCUT2D eigenvalue weighted by Gasteiger charge is 2.27. The molecular formula is C11H12BrFN2O2S. The molecule has 98 valence electrons. The van der Waals surface area contributed by atoms with Gasteiger partial charge < -0.3 is 0 Å². The maximum Gasteiger partial charge on any atom is 0.246 e. The average Bonchev–Trinajstić information content (AvgIpc) is 2.27. The van der Waals surface area contributed by atoms with Crippen molar-refractivity contribution in [3.8, 4) is 6.07 Å². The molecular weight excluding hydrogens is 323 g/mol. The van der Waals surface area contributed by atoms with Gasteiger partial charge in [0.15, 0.2) is 0 Å². The smallest absolute Gasteiger partial charge is 0.207 e. The lowest BCUT2D eigenvalue weighted by Gasteiger charge is -2.22. The first-order valence-electron chi connectivity index (χ1n) is 5.10. The van der Waals surface area contributed by atoms with Crippen molar-refractivity contribution < 1.29 is 12.8 Å². The third kappa shape index (κ3) is 3.07. The summed E-state index contributed by atoms with van der Waals surface area (Å²) in [7, 11) is -2.59. The molecule has 1 aromatic carbocycles. The first-order valence-corrected chi connectivity index (χ1v) is 7.34. The maximum absolute atomic E-state index is 13.7. The summed E-state index contributed by atoms with van der Waals surface area (Å²) in [5.74, 6) is -0.819. The highest BCUT2D eigenvalue weighted by atomic mass is 79.9. The number of benzene rings is 1. The molecule has 0 fully saturated rings. The van der Waals surface area contributed by atoms with Crippen molar-refractivity contribution in [3.63, 3.8) is 0 Å². The number of nitrogens with zero attached hydrogens (tertiary/aromatic N) is 2. The van der Waals surface area contributed by atoms with Gasteiger partial charge in [0.25, 0.3) is 0 Å². The molecule has 0 saturated carbocycles. The lowest BCUT2D eigenvalue weighted by atomic mass is 10.3. The van der Waals surface area contributed by atoms with Gasteiger partial charge in [0.05, 0.1) is 12.5 Å². The molecule has 18 heavy (non-hydrogen) atoms. The highest BCUT2D eigenvalue weighted by molar-refractivity contribution is 9.10. The van der Waals surface area contributed by atoms with Crippen LogP contribution in [-0.2, 0) is 10.0 Å². The van der Waals surface area contributed by atoms with Crippen LogP contribution in [0.1, 0.15) is 13.3 Å². The highest BCUT2D eigenvalue weighted by Crippen LogP contribution is 2.23. The zero-order chi connectivity index (χ0) is 13.9. The lowest BCUT2D eigenvalue weighted by molar-refractivity contribution is 0.390. The summed E-state index contributed by atoms with van der Waals surface area (Å²) < 4.78 is 39.4. The second-order valence-electron chi connectivity index (χ2n) is 3.81. The van der Waals surface area contributed by atoms with Crippen molar-refractivity contribution in [2.45, 2.75) is 24.3 Å². The quantitative estimate of drug-likeness (QED) is 0.849. The number of rotatable bonds is 4. The molecule has 0 spiro atoms. The summed E-state index contributed by atoms with van der Waals surface area (Å²) in [6, 6.07) is 5.13. The van der Waals surface area contributed by atoms with Crippen LogP contribution in [0.3, 0.4) is 0 Å². The predicted molar refractivity (Wildman–Crippen MR) is 68.7 cm³/mol. The van der Waals surface area contributed by atoms with E-state index in [1.807, 2.05) is 6.07 Å². The average molecular weight is 335 g/mol. The van der Waals surface area contributed by atoms with Crippen molar-refractivity contribution in [1.82, 2.24) is 4.31 Å². The summed E-state index contributed by atoms with van der Waals surface area (Å²) in [6.45, 7) is 1.59. The van der Waals surface area contributed by atoms with Crippen LogP contribution in [0.4, 0.5) is 4.39 Å². The first-order chi connectivity index (χ1) is 8.30. The van der Waals surface area contributed by atoms with E-state index >= 15 is 0 Å². The maximum atomic E-state index is 13.7. The fourth-order valence-electron chi connectivity index (χ4n) is 1.34. The zero-order valence-corrected chi connectivity index (χ0v) is 12.3. The third-order valence-corrected chi connectivity index (χ3v) is 5.06. The first kappa shape index (κ1) is 15.1. The van der Waals surface area contributed by atoms with E-state index in [0.717, 1.165) is 10.4 Å². The fraction of sp³-hybridized carbons (Fsp3) is 0.364. The van der Waals surface area contributed by atoms with E-state index < -0.39 is 26.8 Å². The molecule has 7 heteroatoms. The van der Waals surface area contributed by atoms with Crippen LogP contribution in [-0.4, -0.2) is 25.8 Å². The summed E-state index contributed by atoms with van der Waals surface area (Å²) in [4.78, 5) is -0.391. The van der Waals surface area contributed by atoms with Gasteiger partial charge in [-0.2, -0.15) is 9.57 Å². The van der Waals surface area contributed by atoms with Crippen LogP contribution < -0.4 is 0 Å². The molecule has 0 aliphatic rings. The lowest BCUT2D eigenvalue weighted by Crippen LogP contribution is -2.35. The van der Waals surface area contributed by atoms with Gasteiger partial charge in [-0.3, -0.25) is 0 Å². The number of sulfonamides is 1. The minimum absolute atomic E-state index is 0.0495. The van der Waals surface area contributed by atoms with Crippen LogP contribution >= 0.6 is 15.9 Å². The van der Waals surface area contributed by atoms with E-state index in [9.17, 15) is 12.8 Å². The van der Waals surface area contributed by atoms with Crippen LogP contribution in [0.15, 0.2) is 27.6 Å². The predicted octanol–water partition coefficient (Wildman–Crippen LogP) is 2.51. The molecule has 4 nitrogen and oxygen atoms in total. The third-order valence-electron chi connectivity index (χ3n) is 2.56. The topological polar surface area (TPSA) is 61.2 Å². The van der Waals surface area contributed by atoms with Crippen molar-refractivity contribution in [3.05, 3.63) is 28.5 Å². The second kappa shape index (κ2) is 5.78. The minimum Gasteiger partial charge on any atom is -0.207 e. The van der Waals surface area contributed by atoms with E-state index in [-0.39, 0.29) is 6.42 Å². The molecule has 0 aliphatic heterocycles. The van der Waals surface area contributed by atoms with Crippen molar-refractivity contribution in [2.24, 2.45) is 0 Å². The van der Waals surface area contributed by atoms with Crippen LogP contribution in [0.25, 0.3) is 0 Å². The summed E-state index contributed by atoms with van der Waals surface area (Å²) in [6.07, 6.45) is 0.0495. The number of hydrogen-bond acceptors (Lipinski definition) is 3. The Morgan fingerprint density at radius 1 is 1.56 bits per heavy atom. The van der Waals surface area contributed by atoms with Crippen molar-refractivity contribution in [1.29, 1.82) is 5.26 Å². The molecule has 0 saturated heterocycles. The normalized spacial score (nSPS) is 13.3. The van der Waals surface area contributed by atoms with E-state index in [2.05, 4.69) is 15.9 Å². The Balaban J connectivity index is 3.18. The Hall–Kier alpha value is -0.970. The Bertz CT molecular complexity index is 583. The van der Waals surface area contributed by atoms with E-state index in [4.69, 9.17) is 5.26 Å². The van der Waals surface area contributed by atoms with Crippen LogP contribution in [0.5, 0.6) is 0 Å². The van der Waals surface area contributed by atoms with E-state index in [1.54, 1.807) is 6.92 Å². The van der Waals surface area contributed by atoms with Gasteiger partial charge in [-0.15, -0.1) is 0 Å². The summed E-state index contributed by atoms with van der Waals surface area (Å²) in [5.41, 5.74) is 0. The molecule has 1 rings (SSSR count). The van der Waals surface area contributed by atoms with Crippen LogP contribution in [0, 0.1) is 17.1 Å². The van der Waals surface area contributed by atoms with Crippen LogP contribution in [0.2, 0.25) is 0 Å². The molecule has 0 aliphatic carbocycles. The largest absolute Gasteiger partial charge is 0.246 e. The van der Waals surface area contributed by atoms with Crippen molar-refractivity contribution in [2.75, 3.05) is 7.05 Å². The van der Waals surface area contributed by atoms with E-state index in [1.165, 1.54) is 19.2 Å². The van der Waals surface area contributed by atoms with Gasteiger partial charge in [0, 0.05) is 17.6 Å². The Kier molecular flexibility index (Phi) is 4.85. The fourth-order valence-corrected chi connectivity index (χ4v) is 3.07. The standard InChI is InChI=1S/C11H12BrFN2O2S/c1-8(5-6-14)15(2)18(16,17)11-4-3-9(12)7-10(11)13/h3-4,7-8H,5H2,1-2H3/t8-/m0/s1. The van der Waals surface area contributed by atoms with Crippen molar-refractivity contribution >= 4 is 26.0 Å². The summed E-state index contributed by atoms with van der Waals surface area (Å²) >= 11 is 3.06. The van der Waals surface area contributed by atoms with Gasteiger partial charge >= 0.3 is 0 Å². The number of halogens is 2. The van der Waals surface area contributed by atoms with Gasteiger partial charge in [-0.25, -0.2) is 12.8 Å². The van der Waals surface area contributed by atoms with Gasteiger partial charge in [0.1, 0.15) is 10.7 Å². The SMILES string of the molecule is C[C@@H](CC#N)N(C)S(=O)(=O)c1ccc(Br)cc1F. The molecule has 1 atom stereocenters. The minimum atomic E-state index is -3.92. The Labute approximate surface area is 114 Å². The molecule has 0 radical (unpaired) electrons. The Morgan fingerprint density at radius 3 is 2.67 bits per heavy atom. The van der Waals surface area contributed by atoms with Gasteiger partial charge in [0.2, 0.25) is 10.0 Å². The van der Waals surface area contributed by atoms with Gasteiger partial charge in [-0.05, 0) is 25.1 Å². The monoisotopic (exact) mass is 334 g/mol. The molecule has 0 unspecified atom stereocenters. The second-order valence-corrected chi connectivity index (χ2v) is 6.69. The number of nitriles is 1. The summed E-state index contributed by atoms with van der Waals surface area (Å²) in [5, 5.41) is 8.56. The van der Waals surface area contributed by atoms with Gasteiger partial charge in [-0.1, -0.05) is 15.9 Å². The zero-order valence-electron chi connectivity index (χ0n) is 9.89. The molecule has 0 amide bonds.